The Balaban J connectivity index is 6.97. The number of hydrogen-bond acceptors (Lipinski definition) is 3. The molecule has 246 valence electrons. The Morgan fingerprint density at radius 3 is 1.10 bits per heavy atom. The fourth-order valence-electron chi connectivity index (χ4n) is 10.1. The van der Waals surface area contributed by atoms with Gasteiger partial charge in [0.15, 0.2) is 13.7 Å². The second-order valence-electron chi connectivity index (χ2n) is 19.2. The summed E-state index contributed by atoms with van der Waals surface area (Å²) >= 11 is 0. The van der Waals surface area contributed by atoms with Crippen LogP contribution in [0.1, 0.15) is 58.3 Å². The predicted octanol–water partition coefficient (Wildman–Crippen LogP) is 10.5. The molecule has 0 bridgehead atoms. The third-order valence-corrected chi connectivity index (χ3v) is 145. The van der Waals surface area contributed by atoms with Gasteiger partial charge in [-0.15, -0.1) is 0 Å². The van der Waals surface area contributed by atoms with Crippen molar-refractivity contribution < 1.29 is 13.6 Å². The van der Waals surface area contributed by atoms with Gasteiger partial charge in [0.05, 0.1) is 51.7 Å². The minimum Gasteiger partial charge on any atom is -0.423 e. The molecule has 0 aromatic carbocycles. The van der Waals surface area contributed by atoms with Crippen LogP contribution in [0, 0.1) is 0 Å². The molecule has 0 rings (SSSR count). The normalized spacial score (nSPS) is 16.6. The Morgan fingerprint density at radius 1 is 0.488 bits per heavy atom. The summed E-state index contributed by atoms with van der Waals surface area (Å²) in [4.78, 5) is 12.3. The summed E-state index contributed by atoms with van der Waals surface area (Å²) in [5.74, 6) is 0. The first-order valence-electron chi connectivity index (χ1n) is 16.9. The molecule has 0 spiro atoms. The van der Waals surface area contributed by atoms with Crippen LogP contribution in [-0.2, 0) is 13.6 Å². The van der Waals surface area contributed by atoms with E-state index in [0.717, 1.165) is 12.8 Å². The Bertz CT molecular complexity index is 721. The van der Waals surface area contributed by atoms with Crippen molar-refractivity contribution in [1.29, 1.82) is 0 Å². The van der Waals surface area contributed by atoms with Gasteiger partial charge in [0.2, 0.25) is 0 Å². The number of aldehydes is 1. The van der Waals surface area contributed by atoms with Crippen molar-refractivity contribution in [2.75, 3.05) is 0 Å². The maximum absolute atomic E-state index is 12.3. The first kappa shape index (κ1) is 42.3. The van der Waals surface area contributed by atoms with E-state index in [2.05, 4.69) is 125 Å². The molecule has 0 aromatic heterocycles. The van der Waals surface area contributed by atoms with E-state index in [-0.39, 0.29) is 12.2 Å². The van der Waals surface area contributed by atoms with Gasteiger partial charge in [-0.05, 0) is 12.8 Å². The molecule has 0 aromatic rings. The fourth-order valence-corrected chi connectivity index (χ4v) is 198. The van der Waals surface area contributed by atoms with Crippen LogP contribution in [0.5, 0.6) is 0 Å². The van der Waals surface area contributed by atoms with Crippen molar-refractivity contribution in [3.05, 3.63) is 0 Å². The lowest BCUT2D eigenvalue weighted by atomic mass is 10.0. The molecular weight excluding hydrogens is 633 g/mol. The summed E-state index contributed by atoms with van der Waals surface area (Å²) in [6.07, 6.45) is 10.5. The maximum atomic E-state index is 12.3. The SMILES string of the molecule is CCCCCCC[C@@H](C[C@@H](CC=O)O[Si]([Si](C)(C)C)([Si](C)(C)C)[Si](C)(C)C)O[Si]([Si](C)(C)C)([Si](C)(C)C)[Si](C)(C)C. The van der Waals surface area contributed by atoms with Crippen LogP contribution in [0.15, 0.2) is 0 Å². The van der Waals surface area contributed by atoms with Crippen LogP contribution < -0.4 is 0 Å². The maximum Gasteiger partial charge on any atom is 0.158 e. The van der Waals surface area contributed by atoms with Crippen LogP contribution in [0.4, 0.5) is 0 Å². The summed E-state index contributed by atoms with van der Waals surface area (Å²) in [5, 5.41) is 0. The van der Waals surface area contributed by atoms with E-state index in [0.29, 0.717) is 6.42 Å². The van der Waals surface area contributed by atoms with E-state index in [9.17, 15) is 4.79 Å². The summed E-state index contributed by atoms with van der Waals surface area (Å²) in [6, 6.07) is 0. The topological polar surface area (TPSA) is 35.5 Å². The molecule has 0 saturated carbocycles. The highest BCUT2D eigenvalue weighted by molar-refractivity contribution is 7.88. The molecule has 0 aliphatic carbocycles. The molecule has 0 N–H and O–H groups in total. The van der Waals surface area contributed by atoms with Crippen molar-refractivity contribution in [3.63, 3.8) is 0 Å². The monoisotopic (exact) mass is 708 g/mol. The second kappa shape index (κ2) is 15.3. The minimum atomic E-state index is -2.05. The molecule has 0 heterocycles. The van der Waals surface area contributed by atoms with Crippen LogP contribution in [-0.4, -0.2) is 77.8 Å². The molecule has 0 unspecified atom stereocenters. The van der Waals surface area contributed by atoms with E-state index in [4.69, 9.17) is 8.85 Å². The molecule has 0 radical (unpaired) electrons. The summed E-state index contributed by atoms with van der Waals surface area (Å²) < 4.78 is 15.7. The van der Waals surface area contributed by atoms with E-state index in [1.54, 1.807) is 0 Å². The second-order valence-corrected chi connectivity index (χ2v) is 98.1. The molecule has 0 fully saturated rings. The highest BCUT2D eigenvalue weighted by atomic mass is 29.9. The highest BCUT2D eigenvalue weighted by Gasteiger charge is 2.66. The molecule has 3 nitrogen and oxygen atoms in total. The van der Waals surface area contributed by atoms with Crippen molar-refractivity contribution in [3.8, 4) is 0 Å². The van der Waals surface area contributed by atoms with E-state index < -0.39 is 59.3 Å². The van der Waals surface area contributed by atoms with E-state index in [1.807, 2.05) is 0 Å². The van der Waals surface area contributed by atoms with E-state index >= 15 is 0 Å². The molecule has 0 aliphatic rings. The van der Waals surface area contributed by atoms with Gasteiger partial charge in [-0.3, -0.25) is 0 Å². The van der Waals surface area contributed by atoms with Gasteiger partial charge < -0.3 is 13.6 Å². The average Bonchev–Trinajstić information content (AvgIpc) is 2.69. The quantitative estimate of drug-likeness (QED) is 0.0717. The summed E-state index contributed by atoms with van der Waals surface area (Å²) in [6.45, 7) is 45.3. The number of unbranched alkanes of at least 4 members (excludes halogenated alkanes) is 4. The number of rotatable bonds is 20. The van der Waals surface area contributed by atoms with Gasteiger partial charge in [0.25, 0.3) is 0 Å². The van der Waals surface area contributed by atoms with Gasteiger partial charge in [0, 0.05) is 12.5 Å². The molecule has 0 aliphatic heterocycles. The zero-order valence-electron chi connectivity index (χ0n) is 31.6. The molecule has 2 atom stereocenters. The standard InChI is InChI=1S/C30H76O3Si8/c1-20-21-22-23-24-25-29(32-40(34(2,3)4,35(5,6)7)36(8,9)10)28-30(26-27-31)33-41(37(11,12)13,38(14,15)16)39(17,18)19/h27,29-30H,20-26,28H2,1-19H3/t29-,30+/m0/s1. The molecule has 0 amide bonds. The molecule has 0 saturated heterocycles. The third-order valence-electron chi connectivity index (χ3n) is 9.54. The van der Waals surface area contributed by atoms with Crippen molar-refractivity contribution in [1.82, 2.24) is 0 Å². The predicted molar refractivity (Wildman–Crippen MR) is 210 cm³/mol. The van der Waals surface area contributed by atoms with Crippen molar-refractivity contribution in [2.45, 2.75) is 188 Å². The van der Waals surface area contributed by atoms with Gasteiger partial charge in [-0.1, -0.05) is 157 Å². The zero-order chi connectivity index (χ0) is 32.9. The largest absolute Gasteiger partial charge is 0.423 e. The van der Waals surface area contributed by atoms with Gasteiger partial charge in [-0.25, -0.2) is 0 Å². The lowest BCUT2D eigenvalue weighted by molar-refractivity contribution is -0.109. The van der Waals surface area contributed by atoms with Gasteiger partial charge in [0.1, 0.15) is 6.29 Å². The third kappa shape index (κ3) is 10.2. The highest BCUT2D eigenvalue weighted by Crippen LogP contribution is 2.42. The Hall–Kier alpha value is 1.33. The first-order valence-corrected chi connectivity index (χ1v) is 47.7. The fraction of sp³-hybridized carbons (Fsp3) is 0.967. The van der Waals surface area contributed by atoms with Crippen LogP contribution in [0.3, 0.4) is 0 Å². The molecule has 11 heteroatoms. The Kier molecular flexibility index (Phi) is 15.8. The smallest absolute Gasteiger partial charge is 0.158 e. The number of carbonyl (C=O) groups excluding carboxylic acids is 1. The Labute approximate surface area is 266 Å². The lowest BCUT2D eigenvalue weighted by Gasteiger charge is -2.59. The van der Waals surface area contributed by atoms with Gasteiger partial charge in [-0.2, -0.15) is 0 Å². The minimum absolute atomic E-state index is 0.0154. The van der Waals surface area contributed by atoms with Crippen LogP contribution >= 0.6 is 0 Å². The van der Waals surface area contributed by atoms with Crippen molar-refractivity contribution in [2.24, 2.45) is 0 Å². The van der Waals surface area contributed by atoms with Crippen molar-refractivity contribution >= 4 is 65.6 Å². The van der Waals surface area contributed by atoms with Crippen LogP contribution in [0.2, 0.25) is 118 Å². The number of hydrogen-bond donors (Lipinski definition) is 0. The van der Waals surface area contributed by atoms with Gasteiger partial charge >= 0.3 is 0 Å². The number of carbonyl (C=O) groups is 1. The Morgan fingerprint density at radius 2 is 0.805 bits per heavy atom. The van der Waals surface area contributed by atoms with E-state index in [1.165, 1.54) is 38.4 Å². The summed E-state index contributed by atoms with van der Waals surface area (Å²) in [5.41, 5.74) is 0. The summed E-state index contributed by atoms with van der Waals surface area (Å²) in [7, 11) is -9.58. The lowest BCUT2D eigenvalue weighted by Crippen LogP contribution is -2.85. The first-order chi connectivity index (χ1) is 18.1. The average molecular weight is 710 g/mol. The zero-order valence-corrected chi connectivity index (χ0v) is 39.6. The molecule has 41 heavy (non-hydrogen) atoms. The molecular formula is C30H76O3Si8. The van der Waals surface area contributed by atoms with Crippen LogP contribution in [0.25, 0.3) is 0 Å².